The van der Waals surface area contributed by atoms with Gasteiger partial charge in [-0.1, -0.05) is 18.2 Å². The van der Waals surface area contributed by atoms with Crippen LogP contribution in [0.25, 0.3) is 0 Å². The molecule has 1 rings (SSSR count). The predicted molar refractivity (Wildman–Crippen MR) is 55.4 cm³/mol. The van der Waals surface area contributed by atoms with Gasteiger partial charge in [0.05, 0.1) is 0 Å². The summed E-state index contributed by atoms with van der Waals surface area (Å²) < 4.78 is 15.3. The first-order chi connectivity index (χ1) is 6.20. The summed E-state index contributed by atoms with van der Waals surface area (Å²) in [7, 11) is 2.96. The van der Waals surface area contributed by atoms with Crippen LogP contribution in [0.3, 0.4) is 0 Å². The zero-order chi connectivity index (χ0) is 9.73. The maximum absolute atomic E-state index is 5.38. The van der Waals surface area contributed by atoms with Crippen LogP contribution in [0, 0.1) is 0 Å². The average Bonchev–Trinajstić information content (AvgIpc) is 2.19. The summed E-state index contributed by atoms with van der Waals surface area (Å²) in [5, 5.41) is 0. The molecule has 0 saturated carbocycles. The molecule has 0 heterocycles. The zero-order valence-electron chi connectivity index (χ0n) is 7.47. The molecule has 0 aliphatic heterocycles. The Hall–Kier alpha value is -0.410. The van der Waals surface area contributed by atoms with Crippen LogP contribution in [-0.2, 0) is 20.9 Å². The van der Waals surface area contributed by atoms with Crippen LogP contribution < -0.4 is 4.52 Å². The summed E-state index contributed by atoms with van der Waals surface area (Å²) in [5.74, 6) is 0.662. The van der Waals surface area contributed by atoms with E-state index in [0.717, 1.165) is 0 Å². The Morgan fingerprint density at radius 3 is 2.08 bits per heavy atom. The van der Waals surface area contributed by atoms with Crippen molar-refractivity contribution in [3.05, 3.63) is 30.3 Å². The molecule has 3 nitrogen and oxygen atoms in total. The van der Waals surface area contributed by atoms with Crippen molar-refractivity contribution < 1.29 is 13.6 Å². The normalized spacial score (nSPS) is 11.2. The van der Waals surface area contributed by atoms with Gasteiger partial charge in [0, 0.05) is 26.0 Å². The van der Waals surface area contributed by atoms with Crippen molar-refractivity contribution in [2.24, 2.45) is 0 Å². The smallest absolute Gasteiger partial charge is 0.380 e. The second-order valence-electron chi connectivity index (χ2n) is 2.22. The van der Waals surface area contributed by atoms with Crippen molar-refractivity contribution in [3.63, 3.8) is 0 Å². The number of rotatable bonds is 4. The van der Waals surface area contributed by atoms with Gasteiger partial charge in [-0.05, 0) is 12.1 Å². The molecule has 1 aromatic rings. The fourth-order valence-corrected chi connectivity index (χ4v) is 1.70. The van der Waals surface area contributed by atoms with Crippen molar-refractivity contribution in [1.82, 2.24) is 0 Å². The van der Waals surface area contributed by atoms with Gasteiger partial charge in [0.2, 0.25) is 0 Å². The number of para-hydroxylation sites is 1. The highest BCUT2D eigenvalue weighted by Gasteiger charge is 2.17. The molecule has 0 spiro atoms. The van der Waals surface area contributed by atoms with Gasteiger partial charge in [0.25, 0.3) is 0 Å². The van der Waals surface area contributed by atoms with Crippen molar-refractivity contribution in [3.8, 4) is 5.75 Å². The highest BCUT2D eigenvalue weighted by Crippen LogP contribution is 2.47. The Bertz CT molecular complexity index is 294. The van der Waals surface area contributed by atoms with Crippen LogP contribution >= 0.6 is 6.72 Å². The highest BCUT2D eigenvalue weighted by molar-refractivity contribution is 8.07. The molecule has 0 amide bonds. The maximum Gasteiger partial charge on any atom is 0.380 e. The largest absolute Gasteiger partial charge is 0.424 e. The summed E-state index contributed by atoms with van der Waals surface area (Å²) in [6.07, 6.45) is 0. The summed E-state index contributed by atoms with van der Waals surface area (Å²) in [6.45, 7) is -2.57. The van der Waals surface area contributed by atoms with Crippen LogP contribution in [0.4, 0.5) is 0 Å². The van der Waals surface area contributed by atoms with E-state index in [1.807, 2.05) is 18.2 Å². The van der Waals surface area contributed by atoms with Crippen LogP contribution in [0.1, 0.15) is 0 Å². The number of hydrogen-bond acceptors (Lipinski definition) is 4. The number of hydrogen-bond donors (Lipinski definition) is 0. The van der Waals surface area contributed by atoms with Gasteiger partial charge in [0.15, 0.2) is 0 Å². The molecule has 0 saturated heterocycles. The molecule has 0 aliphatic carbocycles. The van der Waals surface area contributed by atoms with E-state index in [4.69, 9.17) is 25.4 Å². The van der Waals surface area contributed by atoms with Crippen molar-refractivity contribution >= 4 is 18.5 Å². The van der Waals surface area contributed by atoms with Crippen LogP contribution in [0.5, 0.6) is 5.75 Å². The third-order valence-electron chi connectivity index (χ3n) is 1.41. The molecule has 0 aliphatic rings. The first-order valence-electron chi connectivity index (χ1n) is 3.66. The van der Waals surface area contributed by atoms with Gasteiger partial charge in [0.1, 0.15) is 5.75 Å². The fourth-order valence-electron chi connectivity index (χ4n) is 0.760. The lowest BCUT2D eigenvalue weighted by atomic mass is 10.3. The summed E-state index contributed by atoms with van der Waals surface area (Å²) >= 11 is 5.03. The van der Waals surface area contributed by atoms with Gasteiger partial charge >= 0.3 is 6.72 Å². The summed E-state index contributed by atoms with van der Waals surface area (Å²) in [6, 6.07) is 9.23. The molecule has 0 fully saturated rings. The first kappa shape index (κ1) is 10.7. The molecule has 0 bridgehead atoms. The SMILES string of the molecule is COP(=S)(OC)Oc1ccccc1. The van der Waals surface area contributed by atoms with Crippen LogP contribution in [0.15, 0.2) is 30.3 Å². The molecule has 13 heavy (non-hydrogen) atoms. The Morgan fingerprint density at radius 2 is 1.62 bits per heavy atom. The monoisotopic (exact) mass is 218 g/mol. The van der Waals surface area contributed by atoms with Crippen molar-refractivity contribution in [2.45, 2.75) is 0 Å². The molecule has 0 radical (unpaired) electrons. The van der Waals surface area contributed by atoms with E-state index in [-0.39, 0.29) is 0 Å². The minimum atomic E-state index is -2.57. The second-order valence-corrected chi connectivity index (χ2v) is 5.37. The van der Waals surface area contributed by atoms with E-state index >= 15 is 0 Å². The van der Waals surface area contributed by atoms with E-state index < -0.39 is 6.72 Å². The standard InChI is InChI=1S/C8H11O3PS/c1-9-12(13,10-2)11-8-6-4-3-5-7-8/h3-7H,1-2H3. The topological polar surface area (TPSA) is 27.7 Å². The van der Waals surface area contributed by atoms with E-state index in [2.05, 4.69) is 0 Å². The minimum absolute atomic E-state index is 0.662. The zero-order valence-corrected chi connectivity index (χ0v) is 9.18. The maximum atomic E-state index is 5.38. The van der Waals surface area contributed by atoms with Crippen molar-refractivity contribution in [2.75, 3.05) is 14.2 Å². The molecule has 72 valence electrons. The summed E-state index contributed by atoms with van der Waals surface area (Å²) in [5.41, 5.74) is 0. The Kier molecular flexibility index (Phi) is 3.88. The van der Waals surface area contributed by atoms with E-state index in [0.29, 0.717) is 5.75 Å². The lowest BCUT2D eigenvalue weighted by Crippen LogP contribution is -1.96. The molecule has 0 atom stereocenters. The van der Waals surface area contributed by atoms with E-state index in [1.54, 1.807) is 12.1 Å². The van der Waals surface area contributed by atoms with E-state index in [1.165, 1.54) is 14.2 Å². The molecule has 5 heteroatoms. The Labute approximate surface area is 82.9 Å². The first-order valence-corrected chi connectivity index (χ1v) is 6.22. The summed E-state index contributed by atoms with van der Waals surface area (Å²) in [4.78, 5) is 0. The van der Waals surface area contributed by atoms with Gasteiger partial charge in [-0.2, -0.15) is 0 Å². The van der Waals surface area contributed by atoms with Crippen LogP contribution in [0.2, 0.25) is 0 Å². The third-order valence-corrected chi connectivity index (χ3v) is 3.85. The number of benzene rings is 1. The molecular weight excluding hydrogens is 207 g/mol. The molecular formula is C8H11O3PS. The van der Waals surface area contributed by atoms with Gasteiger partial charge in [-0.25, -0.2) is 0 Å². The van der Waals surface area contributed by atoms with Gasteiger partial charge < -0.3 is 13.6 Å². The Balaban J connectivity index is 2.74. The average molecular weight is 218 g/mol. The third kappa shape index (κ3) is 3.08. The molecule has 1 aromatic carbocycles. The quantitative estimate of drug-likeness (QED) is 0.726. The molecule has 0 unspecified atom stereocenters. The molecule has 0 N–H and O–H groups in total. The van der Waals surface area contributed by atoms with Crippen molar-refractivity contribution in [1.29, 1.82) is 0 Å². The Morgan fingerprint density at radius 1 is 1.08 bits per heavy atom. The second kappa shape index (κ2) is 4.72. The highest BCUT2D eigenvalue weighted by atomic mass is 32.5. The molecule has 0 aromatic heterocycles. The minimum Gasteiger partial charge on any atom is -0.424 e. The predicted octanol–water partition coefficient (Wildman–Crippen LogP) is 2.58. The lowest BCUT2D eigenvalue weighted by Gasteiger charge is -2.17. The fraction of sp³-hybridized carbons (Fsp3) is 0.250. The van der Waals surface area contributed by atoms with Gasteiger partial charge in [-0.3, -0.25) is 0 Å². The van der Waals surface area contributed by atoms with Crippen LogP contribution in [-0.4, -0.2) is 14.2 Å². The van der Waals surface area contributed by atoms with Gasteiger partial charge in [-0.15, -0.1) is 0 Å². The van der Waals surface area contributed by atoms with E-state index in [9.17, 15) is 0 Å². The lowest BCUT2D eigenvalue weighted by molar-refractivity contribution is 0.273.